The summed E-state index contributed by atoms with van der Waals surface area (Å²) in [6.07, 6.45) is 1.54. The van der Waals surface area contributed by atoms with E-state index in [0.29, 0.717) is 16.6 Å². The molecule has 124 valence electrons. The molecule has 0 amide bonds. The number of nitrogens with zero attached hydrogens (tertiary/aromatic N) is 3. The lowest BCUT2D eigenvalue weighted by molar-refractivity contribution is -0.137. The molecule has 0 aliphatic rings. The first kappa shape index (κ1) is 15.8. The number of carboxylic acids is 1. The van der Waals surface area contributed by atoms with Crippen LogP contribution in [-0.4, -0.2) is 24.8 Å². The van der Waals surface area contributed by atoms with Crippen molar-refractivity contribution >= 4 is 16.9 Å². The van der Waals surface area contributed by atoms with Crippen molar-refractivity contribution in [1.82, 2.24) is 13.7 Å². The standard InChI is InChI=1S/C17H17N3O4/c1-10-4-6-11(7-5-10)15-14-12(8-20(15)9-13(21)22)18(2)17(24)19(3)16(14)23/h4-8H,9H2,1-3H3,(H,21,22). The largest absolute Gasteiger partial charge is 0.480 e. The number of hydrogen-bond acceptors (Lipinski definition) is 3. The van der Waals surface area contributed by atoms with Crippen LogP contribution in [0.1, 0.15) is 5.56 Å². The van der Waals surface area contributed by atoms with Gasteiger partial charge in [-0.1, -0.05) is 29.8 Å². The molecule has 0 saturated heterocycles. The topological polar surface area (TPSA) is 86.2 Å². The fourth-order valence-corrected chi connectivity index (χ4v) is 2.88. The minimum absolute atomic E-state index is 0.296. The minimum atomic E-state index is -1.02. The van der Waals surface area contributed by atoms with E-state index in [1.165, 1.54) is 16.2 Å². The second kappa shape index (κ2) is 5.52. The van der Waals surface area contributed by atoms with Crippen molar-refractivity contribution in [2.45, 2.75) is 13.5 Å². The summed E-state index contributed by atoms with van der Waals surface area (Å²) in [6.45, 7) is 1.65. The molecule has 0 spiro atoms. The van der Waals surface area contributed by atoms with Gasteiger partial charge in [-0.05, 0) is 12.5 Å². The Bertz CT molecular complexity index is 1070. The van der Waals surface area contributed by atoms with Gasteiger partial charge in [-0.2, -0.15) is 0 Å². The molecule has 7 heteroatoms. The molecular formula is C17H17N3O4. The summed E-state index contributed by atoms with van der Waals surface area (Å²) in [6, 6.07) is 7.47. The van der Waals surface area contributed by atoms with Gasteiger partial charge in [0.05, 0.1) is 16.6 Å². The van der Waals surface area contributed by atoms with Crippen LogP contribution in [-0.2, 0) is 25.4 Å². The third kappa shape index (κ3) is 2.34. The van der Waals surface area contributed by atoms with E-state index in [2.05, 4.69) is 0 Å². The number of carboxylic acid groups (broad SMARTS) is 1. The highest BCUT2D eigenvalue weighted by Crippen LogP contribution is 2.28. The van der Waals surface area contributed by atoms with Crippen molar-refractivity contribution in [2.24, 2.45) is 14.1 Å². The number of benzene rings is 1. The highest BCUT2D eigenvalue weighted by atomic mass is 16.4. The fourth-order valence-electron chi connectivity index (χ4n) is 2.88. The van der Waals surface area contributed by atoms with Gasteiger partial charge >= 0.3 is 11.7 Å². The van der Waals surface area contributed by atoms with E-state index in [-0.39, 0.29) is 6.54 Å². The van der Waals surface area contributed by atoms with Crippen molar-refractivity contribution in [3.63, 3.8) is 0 Å². The van der Waals surface area contributed by atoms with Crippen LogP contribution >= 0.6 is 0 Å². The van der Waals surface area contributed by atoms with E-state index in [0.717, 1.165) is 15.7 Å². The lowest BCUT2D eigenvalue weighted by atomic mass is 10.1. The minimum Gasteiger partial charge on any atom is -0.480 e. The molecule has 3 rings (SSSR count). The molecule has 0 atom stereocenters. The second-order valence-corrected chi connectivity index (χ2v) is 5.83. The number of fused-ring (bicyclic) bond motifs is 1. The molecule has 0 radical (unpaired) electrons. The van der Waals surface area contributed by atoms with Crippen molar-refractivity contribution < 1.29 is 9.90 Å². The SMILES string of the molecule is Cc1ccc(-c2c3c(=O)n(C)c(=O)n(C)c3cn2CC(=O)O)cc1. The van der Waals surface area contributed by atoms with Crippen LogP contribution in [0.25, 0.3) is 22.2 Å². The fraction of sp³-hybridized carbons (Fsp3) is 0.235. The Labute approximate surface area is 137 Å². The van der Waals surface area contributed by atoms with E-state index >= 15 is 0 Å². The van der Waals surface area contributed by atoms with E-state index < -0.39 is 17.2 Å². The number of carbonyl (C=O) groups is 1. The van der Waals surface area contributed by atoms with Gasteiger partial charge in [0.1, 0.15) is 6.54 Å². The van der Waals surface area contributed by atoms with Gasteiger partial charge in [-0.25, -0.2) is 4.79 Å². The normalized spacial score (nSPS) is 11.1. The van der Waals surface area contributed by atoms with E-state index in [4.69, 9.17) is 0 Å². The Balaban J connectivity index is 2.48. The Kier molecular flexibility index (Phi) is 3.63. The van der Waals surface area contributed by atoms with Crippen LogP contribution in [0.5, 0.6) is 0 Å². The molecular weight excluding hydrogens is 310 g/mol. The molecule has 0 bridgehead atoms. The summed E-state index contributed by atoms with van der Waals surface area (Å²) in [7, 11) is 2.98. The number of aryl methyl sites for hydroxylation is 2. The molecule has 0 aliphatic heterocycles. The molecule has 0 saturated carbocycles. The summed E-state index contributed by atoms with van der Waals surface area (Å²) in [4.78, 5) is 36.0. The predicted molar refractivity (Wildman–Crippen MR) is 90.2 cm³/mol. The smallest absolute Gasteiger partial charge is 0.330 e. The van der Waals surface area contributed by atoms with Gasteiger partial charge in [0.2, 0.25) is 0 Å². The summed E-state index contributed by atoms with van der Waals surface area (Å²) in [5, 5.41) is 9.52. The Morgan fingerprint density at radius 3 is 2.29 bits per heavy atom. The van der Waals surface area contributed by atoms with Crippen molar-refractivity contribution in [3.05, 3.63) is 56.9 Å². The van der Waals surface area contributed by atoms with Crippen LogP contribution in [0, 0.1) is 6.92 Å². The highest BCUT2D eigenvalue weighted by Gasteiger charge is 2.20. The molecule has 2 aromatic heterocycles. The zero-order valence-electron chi connectivity index (χ0n) is 13.6. The maximum absolute atomic E-state index is 12.7. The quantitative estimate of drug-likeness (QED) is 0.780. The van der Waals surface area contributed by atoms with Gasteiger partial charge in [0, 0.05) is 20.3 Å². The maximum atomic E-state index is 12.7. The summed E-state index contributed by atoms with van der Waals surface area (Å²) in [5.41, 5.74) is 1.82. The van der Waals surface area contributed by atoms with Gasteiger partial charge in [0.15, 0.2) is 0 Å². The molecule has 1 aromatic carbocycles. The Morgan fingerprint density at radius 2 is 1.71 bits per heavy atom. The number of hydrogen-bond donors (Lipinski definition) is 1. The average Bonchev–Trinajstić information content (AvgIpc) is 2.90. The van der Waals surface area contributed by atoms with Crippen LogP contribution in [0.2, 0.25) is 0 Å². The molecule has 0 fully saturated rings. The van der Waals surface area contributed by atoms with Gasteiger partial charge in [-0.15, -0.1) is 0 Å². The van der Waals surface area contributed by atoms with Gasteiger partial charge < -0.3 is 9.67 Å². The molecule has 3 aromatic rings. The molecule has 0 aliphatic carbocycles. The average molecular weight is 327 g/mol. The molecule has 7 nitrogen and oxygen atoms in total. The Hall–Kier alpha value is -3.09. The van der Waals surface area contributed by atoms with E-state index in [1.807, 2.05) is 31.2 Å². The molecule has 0 unspecified atom stereocenters. The Morgan fingerprint density at radius 1 is 1.08 bits per heavy atom. The summed E-state index contributed by atoms with van der Waals surface area (Å²) < 4.78 is 3.89. The molecule has 1 N–H and O–H groups in total. The third-order valence-corrected chi connectivity index (χ3v) is 4.14. The lowest BCUT2D eigenvalue weighted by Gasteiger charge is -2.08. The molecule has 2 heterocycles. The van der Waals surface area contributed by atoms with E-state index in [9.17, 15) is 19.5 Å². The monoisotopic (exact) mass is 327 g/mol. The summed E-state index contributed by atoms with van der Waals surface area (Å²) >= 11 is 0. The highest BCUT2D eigenvalue weighted by molar-refractivity contribution is 5.94. The predicted octanol–water partition coefficient (Wildman–Crippen LogP) is 1.10. The third-order valence-electron chi connectivity index (χ3n) is 4.14. The number of aliphatic carboxylic acids is 1. The summed E-state index contributed by atoms with van der Waals surface area (Å²) in [5.74, 6) is -1.02. The first-order chi connectivity index (χ1) is 11.3. The zero-order valence-corrected chi connectivity index (χ0v) is 13.6. The van der Waals surface area contributed by atoms with Crippen LogP contribution in [0.3, 0.4) is 0 Å². The molecule has 24 heavy (non-hydrogen) atoms. The zero-order chi connectivity index (χ0) is 17.6. The second-order valence-electron chi connectivity index (χ2n) is 5.83. The van der Waals surface area contributed by atoms with E-state index in [1.54, 1.807) is 13.2 Å². The number of aromatic nitrogens is 3. The number of rotatable bonds is 3. The van der Waals surface area contributed by atoms with Crippen LogP contribution in [0.15, 0.2) is 40.1 Å². The first-order valence-corrected chi connectivity index (χ1v) is 7.39. The van der Waals surface area contributed by atoms with Crippen molar-refractivity contribution in [3.8, 4) is 11.3 Å². The van der Waals surface area contributed by atoms with Crippen molar-refractivity contribution in [2.75, 3.05) is 0 Å². The first-order valence-electron chi connectivity index (χ1n) is 7.39. The lowest BCUT2D eigenvalue weighted by Crippen LogP contribution is -2.36. The van der Waals surface area contributed by atoms with Gasteiger partial charge in [-0.3, -0.25) is 18.7 Å². The van der Waals surface area contributed by atoms with Gasteiger partial charge in [0.25, 0.3) is 5.56 Å². The van der Waals surface area contributed by atoms with Crippen LogP contribution < -0.4 is 11.2 Å². The maximum Gasteiger partial charge on any atom is 0.330 e. The van der Waals surface area contributed by atoms with Crippen LogP contribution in [0.4, 0.5) is 0 Å². The van der Waals surface area contributed by atoms with Crippen molar-refractivity contribution in [1.29, 1.82) is 0 Å².